The van der Waals surface area contributed by atoms with Crippen LogP contribution in [0.4, 0.5) is 0 Å². The molecule has 0 saturated heterocycles. The SMILES string of the molecule is CCC(=C(c1ccc(OCCCCCCI)cc1)c1ccc(OCc2ccccc2)cc1)c1ccccc1. The number of hydrogen-bond donors (Lipinski definition) is 0. The first-order chi connectivity index (χ1) is 18.8. The maximum absolute atomic E-state index is 6.06. The topological polar surface area (TPSA) is 18.5 Å². The van der Waals surface area contributed by atoms with Gasteiger partial charge in [-0.05, 0) is 81.4 Å². The van der Waals surface area contributed by atoms with Crippen LogP contribution in [0.1, 0.15) is 61.3 Å². The van der Waals surface area contributed by atoms with E-state index in [9.17, 15) is 0 Å². The van der Waals surface area contributed by atoms with Crippen molar-refractivity contribution in [3.05, 3.63) is 131 Å². The van der Waals surface area contributed by atoms with Crippen molar-refractivity contribution in [1.29, 1.82) is 0 Å². The van der Waals surface area contributed by atoms with Crippen LogP contribution in [0.15, 0.2) is 109 Å². The molecule has 0 radical (unpaired) electrons. The third-order valence-electron chi connectivity index (χ3n) is 6.61. The van der Waals surface area contributed by atoms with E-state index < -0.39 is 0 Å². The fourth-order valence-corrected chi connectivity index (χ4v) is 5.14. The van der Waals surface area contributed by atoms with Gasteiger partial charge >= 0.3 is 0 Å². The van der Waals surface area contributed by atoms with Crippen LogP contribution in [-0.4, -0.2) is 11.0 Å². The first-order valence-corrected chi connectivity index (χ1v) is 15.2. The Kier molecular flexibility index (Phi) is 11.3. The summed E-state index contributed by atoms with van der Waals surface area (Å²) in [6.45, 7) is 3.57. The maximum Gasteiger partial charge on any atom is 0.119 e. The number of alkyl halides is 1. The van der Waals surface area contributed by atoms with Crippen molar-refractivity contribution >= 4 is 33.7 Å². The second-order valence-corrected chi connectivity index (χ2v) is 10.4. The molecule has 4 aromatic rings. The van der Waals surface area contributed by atoms with E-state index in [1.807, 2.05) is 18.2 Å². The highest BCUT2D eigenvalue weighted by Gasteiger charge is 2.13. The minimum Gasteiger partial charge on any atom is -0.494 e. The third kappa shape index (κ3) is 8.22. The first kappa shape index (κ1) is 28.0. The van der Waals surface area contributed by atoms with Gasteiger partial charge in [-0.15, -0.1) is 0 Å². The van der Waals surface area contributed by atoms with E-state index >= 15 is 0 Å². The quantitative estimate of drug-likeness (QED) is 0.0608. The van der Waals surface area contributed by atoms with Gasteiger partial charge in [0, 0.05) is 0 Å². The fourth-order valence-electron chi connectivity index (χ4n) is 4.60. The number of ether oxygens (including phenoxy) is 2. The average Bonchev–Trinajstić information content (AvgIpc) is 2.98. The molecule has 0 N–H and O–H groups in total. The van der Waals surface area contributed by atoms with Gasteiger partial charge in [-0.2, -0.15) is 0 Å². The molecular formula is C35H37IO2. The van der Waals surface area contributed by atoms with E-state index in [-0.39, 0.29) is 0 Å². The zero-order valence-corrected chi connectivity index (χ0v) is 24.4. The fraction of sp³-hybridized carbons (Fsp3) is 0.257. The van der Waals surface area contributed by atoms with Crippen molar-refractivity contribution in [2.75, 3.05) is 11.0 Å². The molecule has 196 valence electrons. The van der Waals surface area contributed by atoms with Crippen molar-refractivity contribution in [2.45, 2.75) is 45.6 Å². The number of rotatable bonds is 14. The molecule has 0 aliphatic carbocycles. The van der Waals surface area contributed by atoms with Crippen LogP contribution in [0.2, 0.25) is 0 Å². The molecular weight excluding hydrogens is 579 g/mol. The molecule has 4 aromatic carbocycles. The Balaban J connectivity index is 1.55. The predicted octanol–water partition coefficient (Wildman–Crippen LogP) is 10.0. The van der Waals surface area contributed by atoms with E-state index in [0.29, 0.717) is 6.61 Å². The number of hydrogen-bond acceptors (Lipinski definition) is 2. The standard InChI is InChI=1S/C35H37IO2/c1-2-34(29-15-9-6-10-16-29)35(30-17-21-32(22-18-30)37-26-12-4-3-11-25-36)31-19-23-33(24-20-31)38-27-28-13-7-5-8-14-28/h5-10,13-24H,2-4,11-12,25-27H2,1H3. The summed E-state index contributed by atoms with van der Waals surface area (Å²) < 4.78 is 13.3. The summed E-state index contributed by atoms with van der Waals surface area (Å²) in [5.74, 6) is 1.81. The molecule has 0 saturated carbocycles. The van der Waals surface area contributed by atoms with Crippen LogP contribution in [0.3, 0.4) is 0 Å². The lowest BCUT2D eigenvalue weighted by atomic mass is 9.88. The maximum atomic E-state index is 6.06. The van der Waals surface area contributed by atoms with Crippen LogP contribution < -0.4 is 9.47 Å². The molecule has 0 amide bonds. The summed E-state index contributed by atoms with van der Waals surface area (Å²) in [6, 6.07) is 38.1. The van der Waals surface area contributed by atoms with Crippen molar-refractivity contribution in [2.24, 2.45) is 0 Å². The highest BCUT2D eigenvalue weighted by atomic mass is 127. The van der Waals surface area contributed by atoms with Gasteiger partial charge in [0.2, 0.25) is 0 Å². The van der Waals surface area contributed by atoms with Gasteiger partial charge in [0.05, 0.1) is 6.61 Å². The largest absolute Gasteiger partial charge is 0.494 e. The van der Waals surface area contributed by atoms with E-state index in [1.54, 1.807) is 0 Å². The van der Waals surface area contributed by atoms with Crippen molar-refractivity contribution in [3.63, 3.8) is 0 Å². The zero-order valence-electron chi connectivity index (χ0n) is 22.2. The molecule has 0 spiro atoms. The Labute approximate surface area is 241 Å². The van der Waals surface area contributed by atoms with E-state index in [1.165, 1.54) is 51.5 Å². The lowest BCUT2D eigenvalue weighted by molar-refractivity contribution is 0.305. The molecule has 0 atom stereocenters. The van der Waals surface area contributed by atoms with E-state index in [2.05, 4.69) is 121 Å². The van der Waals surface area contributed by atoms with Crippen LogP contribution in [0.25, 0.3) is 11.1 Å². The Morgan fingerprint density at radius 3 is 1.71 bits per heavy atom. The Morgan fingerprint density at radius 2 is 1.13 bits per heavy atom. The summed E-state index contributed by atoms with van der Waals surface area (Å²) >= 11 is 2.45. The number of unbranched alkanes of at least 4 members (excludes halogenated alkanes) is 3. The summed E-state index contributed by atoms with van der Waals surface area (Å²) in [4.78, 5) is 0. The minimum absolute atomic E-state index is 0.562. The van der Waals surface area contributed by atoms with Crippen LogP contribution in [-0.2, 0) is 6.61 Å². The highest BCUT2D eigenvalue weighted by molar-refractivity contribution is 14.1. The lowest BCUT2D eigenvalue weighted by Gasteiger charge is -2.17. The molecule has 2 nitrogen and oxygen atoms in total. The third-order valence-corrected chi connectivity index (χ3v) is 7.37. The Morgan fingerprint density at radius 1 is 0.579 bits per heavy atom. The van der Waals surface area contributed by atoms with Gasteiger partial charge in [-0.25, -0.2) is 0 Å². The molecule has 0 bridgehead atoms. The van der Waals surface area contributed by atoms with Crippen molar-refractivity contribution in [1.82, 2.24) is 0 Å². The number of halogens is 1. The summed E-state index contributed by atoms with van der Waals surface area (Å²) in [7, 11) is 0. The van der Waals surface area contributed by atoms with Crippen LogP contribution in [0, 0.1) is 0 Å². The van der Waals surface area contributed by atoms with Gasteiger partial charge in [0.25, 0.3) is 0 Å². The van der Waals surface area contributed by atoms with Crippen LogP contribution in [0.5, 0.6) is 11.5 Å². The van der Waals surface area contributed by atoms with E-state index in [4.69, 9.17) is 9.47 Å². The molecule has 0 heterocycles. The first-order valence-electron chi connectivity index (χ1n) is 13.6. The van der Waals surface area contributed by atoms with Crippen molar-refractivity contribution < 1.29 is 9.47 Å². The van der Waals surface area contributed by atoms with Gasteiger partial charge in [0.15, 0.2) is 0 Å². The summed E-state index contributed by atoms with van der Waals surface area (Å²) in [5, 5.41) is 0. The Bertz CT molecular complexity index is 1250. The normalized spacial score (nSPS) is 11.6. The van der Waals surface area contributed by atoms with Crippen LogP contribution >= 0.6 is 22.6 Å². The zero-order chi connectivity index (χ0) is 26.4. The molecule has 4 rings (SSSR count). The molecule has 0 unspecified atom stereocenters. The summed E-state index contributed by atoms with van der Waals surface area (Å²) in [6.07, 6.45) is 5.85. The molecule has 0 aromatic heterocycles. The smallest absolute Gasteiger partial charge is 0.119 e. The average molecular weight is 617 g/mol. The summed E-state index contributed by atoms with van der Waals surface area (Å²) in [5.41, 5.74) is 7.37. The molecule has 38 heavy (non-hydrogen) atoms. The molecule has 0 aliphatic heterocycles. The van der Waals surface area contributed by atoms with Gasteiger partial charge < -0.3 is 9.47 Å². The highest BCUT2D eigenvalue weighted by Crippen LogP contribution is 2.35. The minimum atomic E-state index is 0.562. The lowest BCUT2D eigenvalue weighted by Crippen LogP contribution is -1.99. The molecule has 0 aliphatic rings. The number of allylic oxidation sites excluding steroid dienone is 1. The Hall–Kier alpha value is -3.05. The predicted molar refractivity (Wildman–Crippen MR) is 169 cm³/mol. The second kappa shape index (κ2) is 15.4. The van der Waals surface area contributed by atoms with E-state index in [0.717, 1.165) is 36.5 Å². The second-order valence-electron chi connectivity index (χ2n) is 9.35. The molecule has 0 fully saturated rings. The van der Waals surface area contributed by atoms with Gasteiger partial charge in [0.1, 0.15) is 18.1 Å². The van der Waals surface area contributed by atoms with Gasteiger partial charge in [-0.1, -0.05) is 127 Å². The van der Waals surface area contributed by atoms with Gasteiger partial charge in [-0.3, -0.25) is 0 Å². The monoisotopic (exact) mass is 616 g/mol. The van der Waals surface area contributed by atoms with Crippen molar-refractivity contribution in [3.8, 4) is 11.5 Å². The molecule has 3 heteroatoms. The number of benzene rings is 4.